The van der Waals surface area contributed by atoms with Crippen LogP contribution in [0, 0.1) is 11.7 Å². The first-order chi connectivity index (χ1) is 15.0. The zero-order valence-corrected chi connectivity index (χ0v) is 17.3. The van der Waals surface area contributed by atoms with Gasteiger partial charge in [-0.25, -0.2) is 4.39 Å². The molecule has 9 heteroatoms. The van der Waals surface area contributed by atoms with Crippen LogP contribution in [0.3, 0.4) is 0 Å². The van der Waals surface area contributed by atoms with E-state index in [0.717, 1.165) is 30.5 Å². The number of amides is 1. The molecule has 1 saturated heterocycles. The number of rotatable bonds is 6. The topological polar surface area (TPSA) is 111 Å². The summed E-state index contributed by atoms with van der Waals surface area (Å²) in [6.07, 6.45) is 4.53. The molecule has 3 aromatic rings. The molecular weight excluding hydrogens is 401 g/mol. The number of fused-ring (bicyclic) bond motifs is 1. The number of carbonyl (C=O) groups is 2. The van der Waals surface area contributed by atoms with Crippen LogP contribution in [0.4, 0.5) is 10.2 Å². The number of H-pyrrole nitrogens is 1. The molecular formula is C22H26FN5O3. The third-order valence-electron chi connectivity index (χ3n) is 5.15. The second-order valence-corrected chi connectivity index (χ2v) is 7.64. The molecule has 3 heterocycles. The molecule has 8 nitrogen and oxygen atoms in total. The van der Waals surface area contributed by atoms with E-state index in [0.29, 0.717) is 12.0 Å². The van der Waals surface area contributed by atoms with E-state index in [1.54, 1.807) is 12.3 Å². The minimum atomic E-state index is -0.552. The third-order valence-corrected chi connectivity index (χ3v) is 5.15. The van der Waals surface area contributed by atoms with Gasteiger partial charge in [0.1, 0.15) is 5.69 Å². The summed E-state index contributed by atoms with van der Waals surface area (Å²) >= 11 is 0. The Bertz CT molecular complexity index is 1030. The molecule has 3 N–H and O–H groups in total. The minimum absolute atomic E-state index is 0.0136. The Balaban J connectivity index is 0.000000858. The van der Waals surface area contributed by atoms with Crippen LogP contribution in [-0.2, 0) is 9.59 Å². The van der Waals surface area contributed by atoms with Crippen LogP contribution < -0.4 is 5.32 Å². The van der Waals surface area contributed by atoms with Crippen molar-refractivity contribution in [1.82, 2.24) is 20.1 Å². The first-order valence-electron chi connectivity index (χ1n) is 10.2. The van der Waals surface area contributed by atoms with Crippen LogP contribution >= 0.6 is 0 Å². The Kier molecular flexibility index (Phi) is 7.66. The fourth-order valence-corrected chi connectivity index (χ4v) is 3.80. The SMILES string of the molecule is CC(CC(=O)Nc1[nH]nc(-c2ccc3ncccc3c2)c1F)CN1CCCC1.O=CO. The number of likely N-dealkylation sites (tertiary alicyclic amines) is 1. The number of hydrogen-bond donors (Lipinski definition) is 3. The van der Waals surface area contributed by atoms with E-state index in [4.69, 9.17) is 9.90 Å². The number of hydrogen-bond acceptors (Lipinski definition) is 5. The monoisotopic (exact) mass is 427 g/mol. The van der Waals surface area contributed by atoms with E-state index in [1.807, 2.05) is 24.3 Å². The van der Waals surface area contributed by atoms with Gasteiger partial charge in [0.25, 0.3) is 6.47 Å². The van der Waals surface area contributed by atoms with Crippen molar-refractivity contribution in [3.05, 3.63) is 42.3 Å². The number of anilines is 1. The first-order valence-corrected chi connectivity index (χ1v) is 10.2. The highest BCUT2D eigenvalue weighted by Gasteiger charge is 2.20. The molecule has 1 aliphatic heterocycles. The normalized spacial score (nSPS) is 14.6. The zero-order chi connectivity index (χ0) is 22.2. The van der Waals surface area contributed by atoms with Gasteiger partial charge in [-0.1, -0.05) is 19.1 Å². The van der Waals surface area contributed by atoms with Gasteiger partial charge >= 0.3 is 0 Å². The van der Waals surface area contributed by atoms with Crippen molar-refractivity contribution in [1.29, 1.82) is 0 Å². The number of nitrogens with zero attached hydrogens (tertiary/aromatic N) is 3. The summed E-state index contributed by atoms with van der Waals surface area (Å²) in [7, 11) is 0. The minimum Gasteiger partial charge on any atom is -0.483 e. The number of aromatic nitrogens is 3. The Morgan fingerprint density at radius 3 is 2.84 bits per heavy atom. The molecule has 1 unspecified atom stereocenters. The second-order valence-electron chi connectivity index (χ2n) is 7.64. The summed E-state index contributed by atoms with van der Waals surface area (Å²) in [4.78, 5) is 27.3. The van der Waals surface area contributed by atoms with Crippen molar-refractivity contribution in [2.45, 2.75) is 26.2 Å². The van der Waals surface area contributed by atoms with Crippen LogP contribution in [0.25, 0.3) is 22.2 Å². The third kappa shape index (κ3) is 5.85. The highest BCUT2D eigenvalue weighted by Crippen LogP contribution is 2.27. The van der Waals surface area contributed by atoms with Gasteiger partial charge in [0.05, 0.1) is 5.52 Å². The quantitative estimate of drug-likeness (QED) is 0.519. The van der Waals surface area contributed by atoms with E-state index >= 15 is 0 Å². The lowest BCUT2D eigenvalue weighted by molar-refractivity contribution is -0.123. The van der Waals surface area contributed by atoms with E-state index < -0.39 is 5.82 Å². The Hall–Kier alpha value is -3.33. The Morgan fingerprint density at radius 2 is 2.10 bits per heavy atom. The van der Waals surface area contributed by atoms with Gasteiger partial charge in [-0.2, -0.15) is 5.10 Å². The molecule has 0 saturated carbocycles. The molecule has 1 aliphatic rings. The lowest BCUT2D eigenvalue weighted by Gasteiger charge is -2.19. The number of aromatic amines is 1. The largest absolute Gasteiger partial charge is 0.483 e. The lowest BCUT2D eigenvalue weighted by atomic mass is 10.1. The van der Waals surface area contributed by atoms with E-state index in [-0.39, 0.29) is 29.8 Å². The summed E-state index contributed by atoms with van der Waals surface area (Å²) in [6, 6.07) is 9.20. The smallest absolute Gasteiger partial charge is 0.290 e. The van der Waals surface area contributed by atoms with Gasteiger partial charge < -0.3 is 15.3 Å². The predicted molar refractivity (Wildman–Crippen MR) is 116 cm³/mol. The van der Waals surface area contributed by atoms with Crippen LogP contribution in [0.2, 0.25) is 0 Å². The maximum absolute atomic E-state index is 14.8. The van der Waals surface area contributed by atoms with Crippen LogP contribution in [0.1, 0.15) is 26.2 Å². The Labute approximate surface area is 179 Å². The average molecular weight is 427 g/mol. The molecule has 164 valence electrons. The summed E-state index contributed by atoms with van der Waals surface area (Å²) in [5.41, 5.74) is 1.66. The molecule has 0 spiro atoms. The summed E-state index contributed by atoms with van der Waals surface area (Å²) in [5, 5.41) is 17.1. The van der Waals surface area contributed by atoms with Crippen LogP contribution in [0.5, 0.6) is 0 Å². The summed E-state index contributed by atoms with van der Waals surface area (Å²) in [5.74, 6) is -0.525. The molecule has 0 aliphatic carbocycles. The Morgan fingerprint density at radius 1 is 1.35 bits per heavy atom. The van der Waals surface area contributed by atoms with Gasteiger partial charge in [-0.05, 0) is 50.0 Å². The average Bonchev–Trinajstić information content (AvgIpc) is 3.38. The van der Waals surface area contributed by atoms with Crippen molar-refractivity contribution in [3.8, 4) is 11.3 Å². The van der Waals surface area contributed by atoms with Crippen LogP contribution in [-0.4, -0.2) is 57.2 Å². The van der Waals surface area contributed by atoms with E-state index in [1.165, 1.54) is 12.8 Å². The predicted octanol–water partition coefficient (Wildman–Crippen LogP) is 3.53. The maximum atomic E-state index is 14.8. The zero-order valence-electron chi connectivity index (χ0n) is 17.3. The number of pyridine rings is 1. The van der Waals surface area contributed by atoms with Crippen molar-refractivity contribution in [2.24, 2.45) is 5.92 Å². The number of benzene rings is 1. The molecule has 1 aromatic carbocycles. The molecule has 4 rings (SSSR count). The van der Waals surface area contributed by atoms with Gasteiger partial charge in [0, 0.05) is 30.1 Å². The van der Waals surface area contributed by atoms with Crippen molar-refractivity contribution >= 4 is 29.1 Å². The van der Waals surface area contributed by atoms with E-state index in [9.17, 15) is 9.18 Å². The second kappa shape index (κ2) is 10.6. The van der Waals surface area contributed by atoms with Gasteiger partial charge in [0.15, 0.2) is 11.6 Å². The fourth-order valence-electron chi connectivity index (χ4n) is 3.80. The number of carboxylic acid groups (broad SMARTS) is 1. The molecule has 1 atom stereocenters. The lowest BCUT2D eigenvalue weighted by Crippen LogP contribution is -2.28. The standard InChI is InChI=1S/C21H24FN5O.CH2O2/c1-14(13-27-9-2-3-10-27)11-18(28)24-21-19(22)20(25-26-21)16-6-7-17-15(12-16)5-4-8-23-17;2-1-3/h4-8,12,14H,2-3,9-11,13H2,1H3,(H2,24,25,26,28);1H,(H,2,3). The molecule has 1 fully saturated rings. The number of halogens is 1. The van der Waals surface area contributed by atoms with E-state index in [2.05, 4.69) is 32.3 Å². The van der Waals surface area contributed by atoms with Gasteiger partial charge in [-0.3, -0.25) is 19.7 Å². The van der Waals surface area contributed by atoms with Gasteiger partial charge in [-0.15, -0.1) is 0 Å². The molecule has 31 heavy (non-hydrogen) atoms. The maximum Gasteiger partial charge on any atom is 0.290 e. The van der Waals surface area contributed by atoms with Crippen molar-refractivity contribution < 1.29 is 19.1 Å². The number of nitrogens with one attached hydrogen (secondary N) is 2. The highest BCUT2D eigenvalue weighted by molar-refractivity contribution is 5.91. The highest BCUT2D eigenvalue weighted by atomic mass is 19.1. The summed E-state index contributed by atoms with van der Waals surface area (Å²) in [6.45, 7) is 4.91. The molecule has 0 radical (unpaired) electrons. The molecule has 1 amide bonds. The molecule has 0 bridgehead atoms. The fraction of sp³-hybridized carbons (Fsp3) is 0.364. The van der Waals surface area contributed by atoms with Crippen molar-refractivity contribution in [3.63, 3.8) is 0 Å². The van der Waals surface area contributed by atoms with Crippen LogP contribution in [0.15, 0.2) is 36.5 Å². The van der Waals surface area contributed by atoms with Crippen molar-refractivity contribution in [2.75, 3.05) is 25.0 Å². The molecule has 2 aromatic heterocycles. The van der Waals surface area contributed by atoms with Gasteiger partial charge in [0.2, 0.25) is 5.91 Å². The first kappa shape index (κ1) is 22.4. The number of carbonyl (C=O) groups excluding carboxylic acids is 1. The summed E-state index contributed by atoms with van der Waals surface area (Å²) < 4.78 is 14.8.